The van der Waals surface area contributed by atoms with Gasteiger partial charge in [-0.25, -0.2) is 9.97 Å². The van der Waals surface area contributed by atoms with Crippen LogP contribution in [0.5, 0.6) is 0 Å². The smallest absolute Gasteiger partial charge is 0.240 e. The number of aryl methyl sites for hydroxylation is 1. The minimum absolute atomic E-state index is 0.0416. The molecule has 7 heteroatoms. The third-order valence-electron chi connectivity index (χ3n) is 7.16. The number of benzene rings is 1. The first-order valence-electron chi connectivity index (χ1n) is 11.8. The SMILES string of the molecule is Cc1ccnc(S[C@@H]2C[C@@H](C(=O)N3CCCN(C)CC3)N(C3Cc4ccccc4C3)C2)n1. The molecule has 0 spiro atoms. The summed E-state index contributed by atoms with van der Waals surface area (Å²) < 4.78 is 0. The fraction of sp³-hybridized carbons (Fsp3) is 0.560. The van der Waals surface area contributed by atoms with Gasteiger partial charge in [-0.3, -0.25) is 9.69 Å². The van der Waals surface area contributed by atoms with E-state index in [9.17, 15) is 4.79 Å². The number of hydrogen-bond acceptors (Lipinski definition) is 6. The van der Waals surface area contributed by atoms with Gasteiger partial charge in [0.1, 0.15) is 0 Å². The summed E-state index contributed by atoms with van der Waals surface area (Å²) >= 11 is 1.74. The van der Waals surface area contributed by atoms with E-state index in [-0.39, 0.29) is 6.04 Å². The number of fused-ring (bicyclic) bond motifs is 1. The number of amides is 1. The molecule has 170 valence electrons. The lowest BCUT2D eigenvalue weighted by molar-refractivity contribution is -0.136. The Morgan fingerprint density at radius 1 is 1.06 bits per heavy atom. The monoisotopic (exact) mass is 451 g/mol. The predicted molar refractivity (Wildman–Crippen MR) is 128 cm³/mol. The zero-order valence-electron chi connectivity index (χ0n) is 19.1. The molecule has 2 aliphatic heterocycles. The molecule has 0 N–H and O–H groups in total. The zero-order valence-corrected chi connectivity index (χ0v) is 19.9. The number of aromatic nitrogens is 2. The molecule has 1 amide bonds. The number of thioether (sulfide) groups is 1. The van der Waals surface area contributed by atoms with Gasteiger partial charge in [-0.2, -0.15) is 0 Å². The van der Waals surface area contributed by atoms with Crippen molar-refractivity contribution in [3.05, 3.63) is 53.3 Å². The van der Waals surface area contributed by atoms with Crippen molar-refractivity contribution in [2.75, 3.05) is 39.8 Å². The zero-order chi connectivity index (χ0) is 22.1. The number of nitrogens with zero attached hydrogens (tertiary/aromatic N) is 5. The van der Waals surface area contributed by atoms with E-state index in [1.54, 1.807) is 11.8 Å². The lowest BCUT2D eigenvalue weighted by Gasteiger charge is -2.33. The van der Waals surface area contributed by atoms with Crippen molar-refractivity contribution in [1.29, 1.82) is 0 Å². The Hall–Kier alpha value is -1.96. The van der Waals surface area contributed by atoms with Gasteiger partial charge < -0.3 is 9.80 Å². The summed E-state index contributed by atoms with van der Waals surface area (Å²) in [5, 5.41) is 1.17. The van der Waals surface area contributed by atoms with Gasteiger partial charge in [0.2, 0.25) is 5.91 Å². The first kappa shape index (κ1) is 21.9. The molecule has 2 fully saturated rings. The molecule has 6 nitrogen and oxygen atoms in total. The van der Waals surface area contributed by atoms with Crippen LogP contribution in [0.1, 0.15) is 29.7 Å². The largest absolute Gasteiger partial charge is 0.340 e. The van der Waals surface area contributed by atoms with E-state index in [1.807, 2.05) is 19.2 Å². The number of hydrogen-bond donors (Lipinski definition) is 0. The summed E-state index contributed by atoms with van der Waals surface area (Å²) in [4.78, 5) is 29.8. The number of carbonyl (C=O) groups is 1. The van der Waals surface area contributed by atoms with E-state index in [0.717, 1.165) is 69.3 Å². The Morgan fingerprint density at radius 2 is 1.84 bits per heavy atom. The van der Waals surface area contributed by atoms with Crippen molar-refractivity contribution in [2.45, 2.75) is 55.1 Å². The quantitative estimate of drug-likeness (QED) is 0.667. The molecule has 0 radical (unpaired) electrons. The first-order valence-corrected chi connectivity index (χ1v) is 12.7. The average Bonchev–Trinajstić information content (AvgIpc) is 3.33. The Morgan fingerprint density at radius 3 is 2.59 bits per heavy atom. The molecule has 1 aromatic heterocycles. The van der Waals surface area contributed by atoms with Crippen LogP contribution in [-0.4, -0.2) is 87.7 Å². The van der Waals surface area contributed by atoms with Crippen molar-refractivity contribution < 1.29 is 4.79 Å². The molecule has 3 aliphatic rings. The molecule has 0 unspecified atom stereocenters. The van der Waals surface area contributed by atoms with Crippen LogP contribution in [-0.2, 0) is 17.6 Å². The van der Waals surface area contributed by atoms with Crippen molar-refractivity contribution in [3.63, 3.8) is 0 Å². The van der Waals surface area contributed by atoms with Gasteiger partial charge in [-0.15, -0.1) is 0 Å². The van der Waals surface area contributed by atoms with E-state index in [1.165, 1.54) is 11.1 Å². The van der Waals surface area contributed by atoms with Crippen LogP contribution in [0.25, 0.3) is 0 Å². The lowest BCUT2D eigenvalue weighted by Crippen LogP contribution is -2.50. The van der Waals surface area contributed by atoms with Crippen molar-refractivity contribution in [3.8, 4) is 0 Å². The summed E-state index contributed by atoms with van der Waals surface area (Å²) in [6, 6.07) is 11.1. The van der Waals surface area contributed by atoms with Crippen LogP contribution in [0.2, 0.25) is 0 Å². The summed E-state index contributed by atoms with van der Waals surface area (Å²) in [6.45, 7) is 6.67. The Labute approximate surface area is 195 Å². The van der Waals surface area contributed by atoms with Gasteiger partial charge in [-0.05, 0) is 63.4 Å². The Bertz CT molecular complexity index is 944. The van der Waals surface area contributed by atoms with E-state index >= 15 is 0 Å². The van der Waals surface area contributed by atoms with Gasteiger partial charge in [-0.1, -0.05) is 36.0 Å². The molecule has 5 rings (SSSR count). The van der Waals surface area contributed by atoms with Crippen LogP contribution in [0, 0.1) is 6.92 Å². The predicted octanol–water partition coefficient (Wildman–Crippen LogP) is 2.65. The lowest BCUT2D eigenvalue weighted by atomic mass is 10.1. The van der Waals surface area contributed by atoms with Crippen LogP contribution in [0.15, 0.2) is 41.7 Å². The maximum Gasteiger partial charge on any atom is 0.240 e. The van der Waals surface area contributed by atoms with Crippen molar-refractivity contribution >= 4 is 17.7 Å². The van der Waals surface area contributed by atoms with Crippen molar-refractivity contribution in [2.24, 2.45) is 0 Å². The van der Waals surface area contributed by atoms with Gasteiger partial charge in [0.25, 0.3) is 0 Å². The minimum Gasteiger partial charge on any atom is -0.340 e. The highest BCUT2D eigenvalue weighted by atomic mass is 32.2. The molecule has 1 aromatic carbocycles. The van der Waals surface area contributed by atoms with Gasteiger partial charge in [0.15, 0.2) is 5.16 Å². The molecule has 3 heterocycles. The van der Waals surface area contributed by atoms with E-state index in [0.29, 0.717) is 17.2 Å². The number of likely N-dealkylation sites (N-methyl/N-ethyl adjacent to an activating group) is 1. The van der Waals surface area contributed by atoms with E-state index in [4.69, 9.17) is 0 Å². The fourth-order valence-corrected chi connectivity index (χ4v) is 6.57. The molecule has 1 aliphatic carbocycles. The molecule has 2 atom stereocenters. The van der Waals surface area contributed by atoms with Crippen molar-refractivity contribution in [1.82, 2.24) is 24.7 Å². The van der Waals surface area contributed by atoms with E-state index < -0.39 is 0 Å². The minimum atomic E-state index is -0.0416. The van der Waals surface area contributed by atoms with E-state index in [2.05, 4.69) is 56.0 Å². The molecule has 32 heavy (non-hydrogen) atoms. The summed E-state index contributed by atoms with van der Waals surface area (Å²) in [5.74, 6) is 0.324. The van der Waals surface area contributed by atoms with Crippen LogP contribution < -0.4 is 0 Å². The molecule has 0 saturated carbocycles. The standard InChI is InChI=1S/C25H33N5OS/c1-18-8-9-26-25(27-18)32-22-16-23(24(31)29-11-5-10-28(2)12-13-29)30(17-22)21-14-19-6-3-4-7-20(19)15-21/h3-4,6-9,21-23H,5,10-17H2,1-2H3/t22-,23+/m1/s1. The van der Waals surface area contributed by atoms with Crippen LogP contribution >= 0.6 is 11.8 Å². The second-order valence-electron chi connectivity index (χ2n) is 9.48. The third-order valence-corrected chi connectivity index (χ3v) is 8.24. The topological polar surface area (TPSA) is 52.6 Å². The summed E-state index contributed by atoms with van der Waals surface area (Å²) in [5.41, 5.74) is 3.88. The second kappa shape index (κ2) is 9.49. The van der Waals surface area contributed by atoms with Gasteiger partial charge in [0.05, 0.1) is 6.04 Å². The molecule has 0 bridgehead atoms. The van der Waals surface area contributed by atoms with Gasteiger partial charge in [0, 0.05) is 49.4 Å². The average molecular weight is 452 g/mol. The number of likely N-dealkylation sites (tertiary alicyclic amines) is 1. The number of rotatable bonds is 4. The maximum atomic E-state index is 13.8. The number of carbonyl (C=O) groups excluding carboxylic acids is 1. The van der Waals surface area contributed by atoms with Crippen LogP contribution in [0.3, 0.4) is 0 Å². The highest BCUT2D eigenvalue weighted by molar-refractivity contribution is 7.99. The molecular weight excluding hydrogens is 418 g/mol. The molecule has 2 aromatic rings. The highest BCUT2D eigenvalue weighted by Crippen LogP contribution is 2.37. The Balaban J connectivity index is 1.35. The van der Waals surface area contributed by atoms with Crippen LogP contribution in [0.4, 0.5) is 0 Å². The van der Waals surface area contributed by atoms with Gasteiger partial charge >= 0.3 is 0 Å². The summed E-state index contributed by atoms with van der Waals surface area (Å²) in [7, 11) is 2.15. The maximum absolute atomic E-state index is 13.8. The Kier molecular flexibility index (Phi) is 6.49. The summed E-state index contributed by atoms with van der Waals surface area (Å²) in [6.07, 6.45) is 5.85. The molecular formula is C25H33N5OS. The second-order valence-corrected chi connectivity index (χ2v) is 10.7. The normalized spacial score (nSPS) is 25.1. The highest BCUT2D eigenvalue weighted by Gasteiger charge is 2.44. The molecule has 2 saturated heterocycles. The third kappa shape index (κ3) is 4.70. The fourth-order valence-electron chi connectivity index (χ4n) is 5.43. The first-order chi connectivity index (χ1) is 15.6.